The van der Waals surface area contributed by atoms with E-state index < -0.39 is 15.9 Å². The second kappa shape index (κ2) is 10.8. The number of benzene rings is 3. The monoisotopic (exact) mass is 454 g/mol. The third-order valence-corrected chi connectivity index (χ3v) is 6.45. The van der Waals surface area contributed by atoms with E-state index in [2.05, 4.69) is 5.32 Å². The van der Waals surface area contributed by atoms with Gasteiger partial charge in [0.1, 0.15) is 11.5 Å². The van der Waals surface area contributed by atoms with Crippen molar-refractivity contribution in [3.05, 3.63) is 84.4 Å². The van der Waals surface area contributed by atoms with E-state index in [1.807, 2.05) is 37.3 Å². The molecule has 1 amide bonds. The molecule has 0 aromatic heterocycles. The number of nitrogens with one attached hydrogen (secondary N) is 1. The summed E-state index contributed by atoms with van der Waals surface area (Å²) in [6.45, 7) is 2.05. The number of methoxy groups -OCH3 is 1. The van der Waals surface area contributed by atoms with Crippen LogP contribution in [0.2, 0.25) is 0 Å². The first-order valence-corrected chi connectivity index (χ1v) is 11.6. The Morgan fingerprint density at radius 2 is 1.66 bits per heavy atom. The van der Waals surface area contributed by atoms with Crippen molar-refractivity contribution in [2.24, 2.45) is 0 Å². The van der Waals surface area contributed by atoms with Gasteiger partial charge in [0.05, 0.1) is 25.2 Å². The second-order valence-corrected chi connectivity index (χ2v) is 8.88. The van der Waals surface area contributed by atoms with E-state index in [0.29, 0.717) is 23.8 Å². The summed E-state index contributed by atoms with van der Waals surface area (Å²) < 4.78 is 38.5. The Labute approximate surface area is 188 Å². The Hall–Kier alpha value is -3.36. The lowest BCUT2D eigenvalue weighted by Gasteiger charge is -2.22. The predicted molar refractivity (Wildman–Crippen MR) is 123 cm³/mol. The van der Waals surface area contributed by atoms with Gasteiger partial charge in [0.15, 0.2) is 0 Å². The van der Waals surface area contributed by atoms with Crippen LogP contribution in [-0.2, 0) is 21.4 Å². The Bertz CT molecular complexity index is 1130. The quantitative estimate of drug-likeness (QED) is 0.502. The number of hydrogen-bond donors (Lipinski definition) is 1. The zero-order valence-electron chi connectivity index (χ0n) is 18.0. The molecule has 3 rings (SSSR count). The zero-order valence-corrected chi connectivity index (χ0v) is 18.8. The first kappa shape index (κ1) is 23.3. The fourth-order valence-corrected chi connectivity index (χ4v) is 4.48. The van der Waals surface area contributed by atoms with Gasteiger partial charge in [0.25, 0.3) is 0 Å². The van der Waals surface area contributed by atoms with Crippen LogP contribution in [0, 0.1) is 0 Å². The fourth-order valence-electron chi connectivity index (χ4n) is 3.10. The second-order valence-electron chi connectivity index (χ2n) is 6.94. The standard InChI is InChI=1S/C24H26N2O5S/c1-3-31-21-12-14-23(15-13-21)32(28,29)26(17-19-8-5-4-6-9-19)18-24(27)25-20-10-7-11-22(16-20)30-2/h4-16H,3,17-18H2,1-2H3,(H,25,27). The van der Waals surface area contributed by atoms with Gasteiger partial charge in [0, 0.05) is 18.3 Å². The first-order chi connectivity index (χ1) is 15.4. The lowest BCUT2D eigenvalue weighted by atomic mass is 10.2. The molecule has 3 aromatic rings. The summed E-state index contributed by atoms with van der Waals surface area (Å²) in [5.74, 6) is 0.714. The van der Waals surface area contributed by atoms with Crippen molar-refractivity contribution in [2.45, 2.75) is 18.4 Å². The number of amides is 1. The van der Waals surface area contributed by atoms with Crippen LogP contribution in [0.25, 0.3) is 0 Å². The molecule has 0 bridgehead atoms. The van der Waals surface area contributed by atoms with E-state index in [1.54, 1.807) is 36.4 Å². The van der Waals surface area contributed by atoms with Crippen LogP contribution in [0.1, 0.15) is 12.5 Å². The van der Waals surface area contributed by atoms with E-state index >= 15 is 0 Å². The molecule has 0 atom stereocenters. The van der Waals surface area contributed by atoms with Gasteiger partial charge in [-0.2, -0.15) is 4.31 Å². The van der Waals surface area contributed by atoms with Gasteiger partial charge in [-0.1, -0.05) is 36.4 Å². The molecule has 0 unspecified atom stereocenters. The maximum atomic E-state index is 13.4. The number of rotatable bonds is 10. The third-order valence-electron chi connectivity index (χ3n) is 4.65. The zero-order chi connectivity index (χ0) is 23.0. The number of hydrogen-bond acceptors (Lipinski definition) is 5. The number of carbonyl (C=O) groups excluding carboxylic acids is 1. The fraction of sp³-hybridized carbons (Fsp3) is 0.208. The van der Waals surface area contributed by atoms with Crippen LogP contribution < -0.4 is 14.8 Å². The van der Waals surface area contributed by atoms with Gasteiger partial charge < -0.3 is 14.8 Å². The van der Waals surface area contributed by atoms with E-state index in [1.165, 1.54) is 19.2 Å². The minimum absolute atomic E-state index is 0.0575. The molecule has 0 aliphatic carbocycles. The van der Waals surface area contributed by atoms with Crippen LogP contribution in [0.4, 0.5) is 5.69 Å². The van der Waals surface area contributed by atoms with Crippen molar-refractivity contribution in [3.8, 4) is 11.5 Å². The number of carbonyl (C=O) groups is 1. The summed E-state index contributed by atoms with van der Waals surface area (Å²) in [5, 5.41) is 2.74. The number of sulfonamides is 1. The summed E-state index contributed by atoms with van der Waals surface area (Å²) in [6, 6.07) is 22.2. The highest BCUT2D eigenvalue weighted by molar-refractivity contribution is 7.89. The van der Waals surface area contributed by atoms with Crippen molar-refractivity contribution in [3.63, 3.8) is 0 Å². The SMILES string of the molecule is CCOc1ccc(S(=O)(=O)N(CC(=O)Nc2cccc(OC)c2)Cc2ccccc2)cc1. The lowest BCUT2D eigenvalue weighted by molar-refractivity contribution is -0.116. The Balaban J connectivity index is 1.84. The van der Waals surface area contributed by atoms with Crippen LogP contribution in [-0.4, -0.2) is 38.9 Å². The van der Waals surface area contributed by atoms with Crippen LogP contribution in [0.5, 0.6) is 11.5 Å². The molecule has 0 saturated carbocycles. The van der Waals surface area contributed by atoms with Crippen LogP contribution in [0.15, 0.2) is 83.8 Å². The highest BCUT2D eigenvalue weighted by Crippen LogP contribution is 2.22. The Morgan fingerprint density at radius 1 is 0.938 bits per heavy atom. The minimum atomic E-state index is -3.94. The maximum Gasteiger partial charge on any atom is 0.243 e. The normalized spacial score (nSPS) is 11.2. The summed E-state index contributed by atoms with van der Waals surface area (Å²) in [6.07, 6.45) is 0. The largest absolute Gasteiger partial charge is 0.497 e. The molecule has 168 valence electrons. The lowest BCUT2D eigenvalue weighted by Crippen LogP contribution is -2.37. The van der Waals surface area contributed by atoms with Crippen LogP contribution >= 0.6 is 0 Å². The molecule has 8 heteroatoms. The molecule has 0 radical (unpaired) electrons. The van der Waals surface area contributed by atoms with E-state index in [9.17, 15) is 13.2 Å². The highest BCUT2D eigenvalue weighted by atomic mass is 32.2. The van der Waals surface area contributed by atoms with Gasteiger partial charge in [-0.25, -0.2) is 8.42 Å². The average Bonchev–Trinajstić information content (AvgIpc) is 2.80. The van der Waals surface area contributed by atoms with Crippen molar-refractivity contribution >= 4 is 21.6 Å². The molecular formula is C24H26N2O5S. The summed E-state index contributed by atoms with van der Waals surface area (Å²) in [5.41, 5.74) is 1.30. The maximum absolute atomic E-state index is 13.4. The van der Waals surface area contributed by atoms with Crippen molar-refractivity contribution in [1.29, 1.82) is 0 Å². The van der Waals surface area contributed by atoms with E-state index in [4.69, 9.17) is 9.47 Å². The van der Waals surface area contributed by atoms with Crippen molar-refractivity contribution in [2.75, 3.05) is 25.6 Å². The molecule has 7 nitrogen and oxygen atoms in total. The Kier molecular flexibility index (Phi) is 7.86. The smallest absolute Gasteiger partial charge is 0.243 e. The van der Waals surface area contributed by atoms with Gasteiger partial charge in [-0.05, 0) is 48.9 Å². The molecule has 0 aliphatic rings. The molecule has 0 spiro atoms. The number of anilines is 1. The molecule has 0 saturated heterocycles. The molecule has 1 N–H and O–H groups in total. The number of ether oxygens (including phenoxy) is 2. The topological polar surface area (TPSA) is 84.9 Å². The minimum Gasteiger partial charge on any atom is -0.497 e. The predicted octanol–water partition coefficient (Wildman–Crippen LogP) is 3.92. The van der Waals surface area contributed by atoms with E-state index in [-0.39, 0.29) is 18.0 Å². The van der Waals surface area contributed by atoms with Gasteiger partial charge in [-0.3, -0.25) is 4.79 Å². The summed E-state index contributed by atoms with van der Waals surface area (Å²) in [4.78, 5) is 12.8. The first-order valence-electron chi connectivity index (χ1n) is 10.1. The Morgan fingerprint density at radius 3 is 2.31 bits per heavy atom. The molecule has 0 aliphatic heterocycles. The van der Waals surface area contributed by atoms with Gasteiger partial charge in [0.2, 0.25) is 15.9 Å². The highest BCUT2D eigenvalue weighted by Gasteiger charge is 2.27. The summed E-state index contributed by atoms with van der Waals surface area (Å²) >= 11 is 0. The average molecular weight is 455 g/mol. The van der Waals surface area contributed by atoms with E-state index in [0.717, 1.165) is 9.87 Å². The van der Waals surface area contributed by atoms with Crippen LogP contribution in [0.3, 0.4) is 0 Å². The number of nitrogens with zero attached hydrogens (tertiary/aromatic N) is 1. The molecule has 0 fully saturated rings. The third kappa shape index (κ3) is 6.09. The summed E-state index contributed by atoms with van der Waals surface area (Å²) in [7, 11) is -2.41. The molecule has 32 heavy (non-hydrogen) atoms. The van der Waals surface area contributed by atoms with Crippen molar-refractivity contribution < 1.29 is 22.7 Å². The van der Waals surface area contributed by atoms with Crippen molar-refractivity contribution in [1.82, 2.24) is 4.31 Å². The van der Waals surface area contributed by atoms with Gasteiger partial charge >= 0.3 is 0 Å². The van der Waals surface area contributed by atoms with Gasteiger partial charge in [-0.15, -0.1) is 0 Å². The molecule has 0 heterocycles. The molecular weight excluding hydrogens is 428 g/mol. The molecule has 3 aromatic carbocycles.